The van der Waals surface area contributed by atoms with E-state index in [0.29, 0.717) is 92.6 Å². The van der Waals surface area contributed by atoms with Crippen LogP contribution < -0.4 is 17.1 Å². The van der Waals surface area contributed by atoms with Crippen LogP contribution in [-0.2, 0) is 105 Å². The van der Waals surface area contributed by atoms with Crippen molar-refractivity contribution in [3.05, 3.63) is 31.5 Å². The van der Waals surface area contributed by atoms with Gasteiger partial charge in [-0.2, -0.15) is 0 Å². The molecule has 1 aromatic rings. The Balaban J connectivity index is 1.000. The standard InChI is InChI=1S/C39H57N3O21/c43-32(61-29(15-49-11-25-19-55-25)16-50-12-26-20-56-26)1-6-40-37(46)41(7-2-33(44)62-30(17-51-13-27-21-57-27)23-59-35-4-9-53-35)39(48)42(38(40)47)8-3-34(45)63-31(18-52-14-28-22-58-28)24-60-36-5-10-54-36/h25-31,35-36H,1-24H2. The first-order chi connectivity index (χ1) is 30.7. The molecule has 6 saturated heterocycles. The van der Waals surface area contributed by atoms with Crippen molar-refractivity contribution < 1.29 is 85.4 Å². The zero-order valence-electron chi connectivity index (χ0n) is 35.1. The molecule has 0 amide bonds. The fraction of sp³-hybridized carbons (Fsp3) is 0.846. The van der Waals surface area contributed by atoms with E-state index >= 15 is 0 Å². The van der Waals surface area contributed by atoms with E-state index < -0.39 is 105 Å². The number of rotatable bonds is 34. The summed E-state index contributed by atoms with van der Waals surface area (Å²) in [4.78, 5) is 80.9. The molecule has 6 fully saturated rings. The Labute approximate surface area is 360 Å². The van der Waals surface area contributed by atoms with E-state index in [1.54, 1.807) is 0 Å². The third-order valence-corrected chi connectivity index (χ3v) is 10.2. The Morgan fingerprint density at radius 1 is 0.460 bits per heavy atom. The average molecular weight is 904 g/mol. The Bertz CT molecular complexity index is 1700. The first kappa shape index (κ1) is 47.3. The lowest BCUT2D eigenvalue weighted by atomic mass is 10.3. The van der Waals surface area contributed by atoms with E-state index in [1.165, 1.54) is 0 Å². The molecule has 0 bridgehead atoms. The molecule has 0 aromatic carbocycles. The van der Waals surface area contributed by atoms with Gasteiger partial charge in [-0.3, -0.25) is 14.4 Å². The van der Waals surface area contributed by atoms with Crippen LogP contribution in [0.4, 0.5) is 0 Å². The summed E-state index contributed by atoms with van der Waals surface area (Å²) in [5, 5.41) is 0. The van der Waals surface area contributed by atoms with Gasteiger partial charge in [0.05, 0.1) is 125 Å². The number of esters is 3. The molecular formula is C39H57N3O21. The number of hydrogen-bond donors (Lipinski definition) is 0. The van der Waals surface area contributed by atoms with E-state index in [9.17, 15) is 28.8 Å². The second-order valence-electron chi connectivity index (χ2n) is 15.7. The maximum atomic E-state index is 13.8. The molecule has 7 heterocycles. The Morgan fingerprint density at radius 2 is 0.730 bits per heavy atom. The van der Waals surface area contributed by atoms with Crippen molar-refractivity contribution in [2.24, 2.45) is 0 Å². The molecule has 8 atom stereocenters. The van der Waals surface area contributed by atoms with Gasteiger partial charge in [-0.15, -0.1) is 0 Å². The molecule has 6 aliphatic heterocycles. The van der Waals surface area contributed by atoms with Gasteiger partial charge in [0.1, 0.15) is 42.7 Å². The van der Waals surface area contributed by atoms with Crippen molar-refractivity contribution in [1.29, 1.82) is 0 Å². The van der Waals surface area contributed by atoms with Gasteiger partial charge in [0.25, 0.3) is 0 Å². The summed E-state index contributed by atoms with van der Waals surface area (Å²) in [6, 6.07) is 0. The fourth-order valence-corrected chi connectivity index (χ4v) is 6.05. The molecular weight excluding hydrogens is 846 g/mol. The van der Waals surface area contributed by atoms with Gasteiger partial charge in [-0.05, 0) is 0 Å². The molecule has 0 spiro atoms. The Kier molecular flexibility index (Phi) is 18.0. The van der Waals surface area contributed by atoms with Gasteiger partial charge < -0.3 is 71.1 Å². The maximum absolute atomic E-state index is 13.8. The highest BCUT2D eigenvalue weighted by atomic mass is 16.7. The lowest BCUT2D eigenvalue weighted by molar-refractivity contribution is -0.229. The number of carbonyl (C=O) groups is 3. The second kappa shape index (κ2) is 24.0. The largest absolute Gasteiger partial charge is 0.457 e. The first-order valence-electron chi connectivity index (χ1n) is 21.4. The number of epoxide rings is 4. The van der Waals surface area contributed by atoms with Crippen LogP contribution in [0.3, 0.4) is 0 Å². The SMILES string of the molecule is O=C(CCn1c(=O)n(CCC(=O)OC(COCC2CO2)COC2CCO2)c(=O)n(CCC(=O)OC(COCC2CO2)COC2CCO2)c1=O)OC(COCC1CO1)COCC1CO1. The number of carbonyl (C=O) groups excluding carboxylic acids is 3. The summed E-state index contributed by atoms with van der Waals surface area (Å²) in [5.41, 5.74) is -3.28. The van der Waals surface area contributed by atoms with Crippen LogP contribution in [0, 0.1) is 0 Å². The van der Waals surface area contributed by atoms with Crippen LogP contribution in [0.15, 0.2) is 14.4 Å². The minimum Gasteiger partial charge on any atom is -0.457 e. The summed E-state index contributed by atoms with van der Waals surface area (Å²) in [6.07, 6.45) is -3.52. The van der Waals surface area contributed by atoms with Crippen LogP contribution >= 0.6 is 0 Å². The van der Waals surface area contributed by atoms with Crippen molar-refractivity contribution in [1.82, 2.24) is 13.7 Å². The Hall–Kier alpha value is -3.66. The van der Waals surface area contributed by atoms with Crippen LogP contribution in [-0.4, -0.2) is 193 Å². The lowest BCUT2D eigenvalue weighted by Gasteiger charge is -2.28. The van der Waals surface area contributed by atoms with E-state index in [0.717, 1.165) is 0 Å². The molecule has 63 heavy (non-hydrogen) atoms. The minimum absolute atomic E-state index is 0.00571. The molecule has 1 aromatic heterocycles. The predicted molar refractivity (Wildman–Crippen MR) is 206 cm³/mol. The summed E-state index contributed by atoms with van der Waals surface area (Å²) in [7, 11) is 0. The second-order valence-corrected chi connectivity index (χ2v) is 15.7. The highest BCUT2D eigenvalue weighted by molar-refractivity contribution is 5.70. The highest BCUT2D eigenvalue weighted by Gasteiger charge is 2.30. The van der Waals surface area contributed by atoms with E-state index in [-0.39, 0.29) is 64.1 Å². The molecule has 0 N–H and O–H groups in total. The zero-order valence-corrected chi connectivity index (χ0v) is 35.1. The van der Waals surface area contributed by atoms with Crippen LogP contribution in [0.25, 0.3) is 0 Å². The third-order valence-electron chi connectivity index (χ3n) is 10.2. The molecule has 8 unspecified atom stereocenters. The summed E-state index contributed by atoms with van der Waals surface area (Å²) in [6.45, 7) is 3.00. The normalized spacial score (nSPS) is 25.5. The summed E-state index contributed by atoms with van der Waals surface area (Å²) < 4.78 is 83.8. The van der Waals surface area contributed by atoms with Gasteiger partial charge >= 0.3 is 35.0 Å². The minimum atomic E-state index is -1.09. The number of aromatic nitrogens is 3. The van der Waals surface area contributed by atoms with Crippen molar-refractivity contribution in [3.63, 3.8) is 0 Å². The molecule has 6 aliphatic rings. The quantitative estimate of drug-likeness (QED) is 0.0386. The molecule has 354 valence electrons. The van der Waals surface area contributed by atoms with Gasteiger partial charge in [0.2, 0.25) is 0 Å². The van der Waals surface area contributed by atoms with E-state index in [1.807, 2.05) is 0 Å². The van der Waals surface area contributed by atoms with Crippen molar-refractivity contribution in [2.75, 3.05) is 106 Å². The average Bonchev–Trinajstić information content (AvgIpc) is 4.00. The summed E-state index contributed by atoms with van der Waals surface area (Å²) >= 11 is 0. The van der Waals surface area contributed by atoms with Gasteiger partial charge in [0.15, 0.2) is 12.6 Å². The van der Waals surface area contributed by atoms with Crippen LogP contribution in [0.2, 0.25) is 0 Å². The fourth-order valence-electron chi connectivity index (χ4n) is 6.05. The monoisotopic (exact) mass is 903 g/mol. The van der Waals surface area contributed by atoms with Crippen LogP contribution in [0.1, 0.15) is 32.1 Å². The molecule has 0 saturated carbocycles. The molecule has 24 heteroatoms. The Morgan fingerprint density at radius 3 is 0.968 bits per heavy atom. The molecule has 7 rings (SSSR count). The zero-order chi connectivity index (χ0) is 44.0. The topological polar surface area (TPSA) is 269 Å². The maximum Gasteiger partial charge on any atom is 0.336 e. The van der Waals surface area contributed by atoms with Gasteiger partial charge in [0, 0.05) is 32.5 Å². The van der Waals surface area contributed by atoms with E-state index in [4.69, 9.17) is 71.1 Å². The number of nitrogens with zero attached hydrogens (tertiary/aromatic N) is 3. The third kappa shape index (κ3) is 16.7. The van der Waals surface area contributed by atoms with Crippen LogP contribution in [0.5, 0.6) is 0 Å². The highest BCUT2D eigenvalue weighted by Crippen LogP contribution is 2.16. The summed E-state index contributed by atoms with van der Waals surface area (Å²) in [5.74, 6) is -2.37. The van der Waals surface area contributed by atoms with E-state index in [2.05, 4.69) is 0 Å². The number of hydrogen-bond acceptors (Lipinski definition) is 21. The first-order valence-corrected chi connectivity index (χ1v) is 21.4. The number of ether oxygens (including phenoxy) is 15. The van der Waals surface area contributed by atoms with Gasteiger partial charge in [-0.25, -0.2) is 28.1 Å². The van der Waals surface area contributed by atoms with Gasteiger partial charge in [-0.1, -0.05) is 0 Å². The molecule has 0 aliphatic carbocycles. The van der Waals surface area contributed by atoms with Crippen molar-refractivity contribution >= 4 is 17.9 Å². The smallest absolute Gasteiger partial charge is 0.336 e. The lowest BCUT2D eigenvalue weighted by Crippen LogP contribution is -2.55. The molecule has 24 nitrogen and oxygen atoms in total. The molecule has 0 radical (unpaired) electrons. The van der Waals surface area contributed by atoms with Crippen molar-refractivity contribution in [2.45, 2.75) is 107 Å². The van der Waals surface area contributed by atoms with Crippen molar-refractivity contribution in [3.8, 4) is 0 Å². The predicted octanol–water partition coefficient (Wildman–Crippen LogP) is -2.73.